The Balaban J connectivity index is 1.83. The van der Waals surface area contributed by atoms with Crippen LogP contribution in [0.3, 0.4) is 0 Å². The highest BCUT2D eigenvalue weighted by molar-refractivity contribution is 7.86. The van der Waals surface area contributed by atoms with Gasteiger partial charge in [-0.2, -0.15) is 17.0 Å². The number of hydrogen-bond acceptors (Lipinski definition) is 5. The van der Waals surface area contributed by atoms with Crippen LogP contribution in [0.25, 0.3) is 0 Å². The van der Waals surface area contributed by atoms with E-state index in [2.05, 4.69) is 4.98 Å². The van der Waals surface area contributed by atoms with E-state index in [1.54, 1.807) is 5.51 Å². The van der Waals surface area contributed by atoms with Crippen LogP contribution in [-0.4, -0.2) is 65.0 Å². The molecule has 7 nitrogen and oxygen atoms in total. The number of nitrogens with zero attached hydrogens (tertiary/aromatic N) is 4. The molecule has 0 spiro atoms. The topological polar surface area (TPSA) is 73.8 Å². The summed E-state index contributed by atoms with van der Waals surface area (Å²) in [6, 6.07) is -0.0664. The third kappa shape index (κ3) is 3.22. The molecule has 0 aliphatic carbocycles. The van der Waals surface area contributed by atoms with E-state index in [-0.39, 0.29) is 17.9 Å². The first-order chi connectivity index (χ1) is 11.5. The monoisotopic (exact) mass is 372 g/mol. The van der Waals surface area contributed by atoms with Crippen molar-refractivity contribution in [1.82, 2.24) is 18.5 Å². The molecule has 0 unspecified atom stereocenters. The molecule has 9 heteroatoms. The lowest BCUT2D eigenvalue weighted by molar-refractivity contribution is -0.140. The Labute approximate surface area is 147 Å². The first-order valence-electron chi connectivity index (χ1n) is 8.40. The second-order valence-electron chi connectivity index (χ2n) is 6.28. The van der Waals surface area contributed by atoms with Gasteiger partial charge in [0.15, 0.2) is 0 Å². The van der Waals surface area contributed by atoms with Crippen LogP contribution < -0.4 is 0 Å². The van der Waals surface area contributed by atoms with Crippen molar-refractivity contribution < 1.29 is 13.2 Å². The highest BCUT2D eigenvalue weighted by Gasteiger charge is 2.44. The molecule has 134 valence electrons. The van der Waals surface area contributed by atoms with Crippen LogP contribution in [0.4, 0.5) is 0 Å². The van der Waals surface area contributed by atoms with Crippen LogP contribution in [0.5, 0.6) is 0 Å². The number of amides is 1. The van der Waals surface area contributed by atoms with Crippen molar-refractivity contribution in [3.05, 3.63) is 16.6 Å². The number of fused-ring (bicyclic) bond motifs is 4. The maximum Gasteiger partial charge on any atom is 0.282 e. The number of carbonyl (C=O) groups excluding carboxylic acids is 1. The molecule has 3 aliphatic rings. The van der Waals surface area contributed by atoms with Gasteiger partial charge in [-0.3, -0.25) is 4.79 Å². The standard InChI is InChI=1S/C15H24N4O3S2/c1-3-17(4-2)24(21,22)18-7-12-5-6-14(9-18)19(15(12)20)8-13-10-23-11-16-13/h10-12,14H,3-9H2,1-2H3/t12-,14+/m0/s1. The van der Waals surface area contributed by atoms with E-state index in [1.165, 1.54) is 19.9 Å². The third-order valence-electron chi connectivity index (χ3n) is 4.93. The highest BCUT2D eigenvalue weighted by Crippen LogP contribution is 2.32. The molecule has 3 aliphatic heterocycles. The molecular formula is C15H24N4O3S2. The fourth-order valence-corrected chi connectivity index (χ4v) is 5.86. The molecule has 4 rings (SSSR count). The summed E-state index contributed by atoms with van der Waals surface area (Å²) < 4.78 is 28.7. The number of rotatable bonds is 6. The van der Waals surface area contributed by atoms with Crippen molar-refractivity contribution in [1.29, 1.82) is 0 Å². The van der Waals surface area contributed by atoms with Crippen molar-refractivity contribution in [3.8, 4) is 0 Å². The molecular weight excluding hydrogens is 348 g/mol. The van der Waals surface area contributed by atoms with E-state index < -0.39 is 10.2 Å². The van der Waals surface area contributed by atoms with Gasteiger partial charge in [-0.1, -0.05) is 13.8 Å². The van der Waals surface area contributed by atoms with Crippen LogP contribution in [0.1, 0.15) is 32.4 Å². The van der Waals surface area contributed by atoms with Gasteiger partial charge in [-0.05, 0) is 12.8 Å². The molecule has 3 saturated heterocycles. The number of hydrogen-bond donors (Lipinski definition) is 0. The fourth-order valence-electron chi connectivity index (χ4n) is 3.60. The Hall–Kier alpha value is -1.03. The average Bonchev–Trinajstić information content (AvgIpc) is 2.91. The largest absolute Gasteiger partial charge is 0.332 e. The summed E-state index contributed by atoms with van der Waals surface area (Å²) in [4.78, 5) is 18.9. The van der Waals surface area contributed by atoms with Gasteiger partial charge in [0.25, 0.3) is 10.2 Å². The molecule has 2 atom stereocenters. The van der Waals surface area contributed by atoms with Gasteiger partial charge in [0, 0.05) is 37.6 Å². The predicted molar refractivity (Wildman–Crippen MR) is 92.6 cm³/mol. The van der Waals surface area contributed by atoms with Gasteiger partial charge in [0.05, 0.1) is 23.7 Å². The molecule has 3 fully saturated rings. The fraction of sp³-hybridized carbons (Fsp3) is 0.733. The van der Waals surface area contributed by atoms with Crippen molar-refractivity contribution in [2.75, 3.05) is 26.2 Å². The lowest BCUT2D eigenvalue weighted by Gasteiger charge is -2.35. The zero-order valence-electron chi connectivity index (χ0n) is 14.1. The number of thiazole rings is 1. The Morgan fingerprint density at radius 2 is 2.04 bits per heavy atom. The van der Waals surface area contributed by atoms with E-state index in [1.807, 2.05) is 24.1 Å². The Bertz CT molecular complexity index is 673. The minimum Gasteiger partial charge on any atom is -0.332 e. The van der Waals surface area contributed by atoms with Gasteiger partial charge < -0.3 is 4.90 Å². The maximum absolute atomic E-state index is 12.9. The summed E-state index contributed by atoms with van der Waals surface area (Å²) >= 11 is 1.51. The van der Waals surface area contributed by atoms with Gasteiger partial charge in [-0.25, -0.2) is 4.98 Å². The van der Waals surface area contributed by atoms with Gasteiger partial charge >= 0.3 is 0 Å². The Morgan fingerprint density at radius 3 is 2.67 bits per heavy atom. The quantitative estimate of drug-likeness (QED) is 0.751. The Kier molecular flexibility index (Phi) is 5.24. The summed E-state index contributed by atoms with van der Waals surface area (Å²) in [6.07, 6.45) is 1.62. The van der Waals surface area contributed by atoms with Crippen molar-refractivity contribution in [2.45, 2.75) is 39.3 Å². The smallest absolute Gasteiger partial charge is 0.282 e. The second kappa shape index (κ2) is 7.07. The number of carbonyl (C=O) groups is 1. The molecule has 1 aromatic heterocycles. The van der Waals surface area contributed by atoms with Gasteiger partial charge in [-0.15, -0.1) is 11.3 Å². The first kappa shape index (κ1) is 17.8. The molecule has 0 aromatic carbocycles. The summed E-state index contributed by atoms with van der Waals surface area (Å²) in [6.45, 7) is 5.72. The molecule has 1 amide bonds. The summed E-state index contributed by atoms with van der Waals surface area (Å²) in [7, 11) is -3.51. The summed E-state index contributed by atoms with van der Waals surface area (Å²) in [5, 5.41) is 1.94. The first-order valence-corrected chi connectivity index (χ1v) is 10.7. The number of piperidine rings is 1. The molecule has 2 bridgehead atoms. The van der Waals surface area contributed by atoms with Crippen LogP contribution in [0.15, 0.2) is 10.9 Å². The van der Waals surface area contributed by atoms with Crippen molar-refractivity contribution in [2.24, 2.45) is 5.92 Å². The maximum atomic E-state index is 12.9. The molecule has 0 saturated carbocycles. The molecule has 1 aromatic rings. The summed E-state index contributed by atoms with van der Waals surface area (Å²) in [5.74, 6) is -0.177. The second-order valence-corrected chi connectivity index (χ2v) is 8.93. The van der Waals surface area contributed by atoms with Crippen molar-refractivity contribution in [3.63, 3.8) is 0 Å². The minimum atomic E-state index is -3.51. The lowest BCUT2D eigenvalue weighted by atomic mass is 9.94. The molecule has 0 N–H and O–H groups in total. The average molecular weight is 373 g/mol. The van der Waals surface area contributed by atoms with E-state index in [0.717, 1.165) is 18.5 Å². The minimum absolute atomic E-state index is 0.0662. The van der Waals surface area contributed by atoms with E-state index in [9.17, 15) is 13.2 Å². The number of aromatic nitrogens is 1. The predicted octanol–water partition coefficient (Wildman–Crippen LogP) is 1.15. The van der Waals surface area contributed by atoms with E-state index in [4.69, 9.17) is 0 Å². The zero-order valence-corrected chi connectivity index (χ0v) is 15.7. The molecule has 24 heavy (non-hydrogen) atoms. The SMILES string of the molecule is CCN(CC)S(=O)(=O)N1C[C@@H]2CC[C@H](C1)N(Cc1cscn1)C2=O. The molecule has 0 radical (unpaired) electrons. The Morgan fingerprint density at radius 1 is 1.29 bits per heavy atom. The normalized spacial score (nSPS) is 25.5. The zero-order chi connectivity index (χ0) is 17.3. The van der Waals surface area contributed by atoms with Gasteiger partial charge in [0.2, 0.25) is 5.91 Å². The van der Waals surface area contributed by atoms with Crippen LogP contribution in [-0.2, 0) is 21.5 Å². The lowest BCUT2D eigenvalue weighted by Crippen LogP contribution is -2.48. The van der Waals surface area contributed by atoms with Crippen LogP contribution in [0.2, 0.25) is 0 Å². The van der Waals surface area contributed by atoms with Crippen LogP contribution in [0, 0.1) is 5.92 Å². The summed E-state index contributed by atoms with van der Waals surface area (Å²) in [5.41, 5.74) is 2.63. The van der Waals surface area contributed by atoms with Crippen molar-refractivity contribution >= 4 is 27.5 Å². The highest BCUT2D eigenvalue weighted by atomic mass is 32.2. The third-order valence-corrected chi connectivity index (χ3v) is 7.69. The molecule has 4 heterocycles. The van der Waals surface area contributed by atoms with E-state index >= 15 is 0 Å². The van der Waals surface area contributed by atoms with E-state index in [0.29, 0.717) is 32.7 Å². The van der Waals surface area contributed by atoms with Gasteiger partial charge in [0.1, 0.15) is 0 Å². The van der Waals surface area contributed by atoms with Crippen LogP contribution >= 0.6 is 11.3 Å².